The number of nitrogens with zero attached hydrogens (tertiary/aromatic N) is 2. The summed E-state index contributed by atoms with van der Waals surface area (Å²) in [7, 11) is 0. The Balaban J connectivity index is 2.62. The Kier molecular flexibility index (Phi) is 4.85. The minimum absolute atomic E-state index is 0.0299. The molecule has 1 amide bonds. The monoisotopic (exact) mass is 223 g/mol. The van der Waals surface area contributed by atoms with Crippen LogP contribution in [0, 0.1) is 5.92 Å². The van der Waals surface area contributed by atoms with Crippen molar-refractivity contribution in [2.45, 2.75) is 26.3 Å². The van der Waals surface area contributed by atoms with Crippen LogP contribution in [0.15, 0.2) is 18.7 Å². The van der Waals surface area contributed by atoms with Crippen molar-refractivity contribution in [2.24, 2.45) is 5.92 Å². The van der Waals surface area contributed by atoms with E-state index >= 15 is 0 Å². The Labute approximate surface area is 94.9 Å². The highest BCUT2D eigenvalue weighted by Gasteiger charge is 2.16. The molecule has 2 N–H and O–H groups in total. The smallest absolute Gasteiger partial charge is 0.254 e. The van der Waals surface area contributed by atoms with Crippen molar-refractivity contribution in [1.82, 2.24) is 15.3 Å². The lowest BCUT2D eigenvalue weighted by Gasteiger charge is -2.21. The van der Waals surface area contributed by atoms with Crippen LogP contribution in [0.4, 0.5) is 0 Å². The van der Waals surface area contributed by atoms with E-state index < -0.39 is 0 Å². The highest BCUT2D eigenvalue weighted by molar-refractivity contribution is 5.93. The lowest BCUT2D eigenvalue weighted by atomic mass is 10.0. The summed E-state index contributed by atoms with van der Waals surface area (Å²) in [5, 5.41) is 11.7. The van der Waals surface area contributed by atoms with Crippen LogP contribution in [0.2, 0.25) is 0 Å². The fourth-order valence-corrected chi connectivity index (χ4v) is 1.38. The van der Waals surface area contributed by atoms with Crippen LogP contribution in [-0.2, 0) is 0 Å². The summed E-state index contributed by atoms with van der Waals surface area (Å²) in [6, 6.07) is -0.0299. The molecule has 0 aliphatic carbocycles. The zero-order valence-electron chi connectivity index (χ0n) is 9.55. The molecule has 1 atom stereocenters. The van der Waals surface area contributed by atoms with Crippen molar-refractivity contribution in [1.29, 1.82) is 0 Å². The number of carbonyl (C=O) groups excluding carboxylic acids is 1. The van der Waals surface area contributed by atoms with Gasteiger partial charge in [-0.05, 0) is 12.3 Å². The molecule has 16 heavy (non-hydrogen) atoms. The zero-order valence-corrected chi connectivity index (χ0v) is 9.55. The van der Waals surface area contributed by atoms with E-state index in [1.807, 2.05) is 13.8 Å². The van der Waals surface area contributed by atoms with E-state index in [4.69, 9.17) is 5.11 Å². The van der Waals surface area contributed by atoms with Gasteiger partial charge in [0, 0.05) is 25.0 Å². The van der Waals surface area contributed by atoms with E-state index in [1.54, 1.807) is 0 Å². The SMILES string of the molecule is CC(C)C(CCO)NC(=O)c1cncnc1. The van der Waals surface area contributed by atoms with Gasteiger partial charge in [-0.25, -0.2) is 9.97 Å². The van der Waals surface area contributed by atoms with Gasteiger partial charge in [-0.1, -0.05) is 13.8 Å². The number of rotatable bonds is 5. The molecular formula is C11H17N3O2. The van der Waals surface area contributed by atoms with Crippen molar-refractivity contribution in [3.8, 4) is 0 Å². The first kappa shape index (κ1) is 12.6. The van der Waals surface area contributed by atoms with Crippen LogP contribution in [0.25, 0.3) is 0 Å². The molecule has 1 aromatic heterocycles. The van der Waals surface area contributed by atoms with Gasteiger partial charge in [-0.2, -0.15) is 0 Å². The summed E-state index contributed by atoms with van der Waals surface area (Å²) in [6.07, 6.45) is 4.87. The second-order valence-corrected chi connectivity index (χ2v) is 3.96. The highest BCUT2D eigenvalue weighted by atomic mass is 16.3. The molecule has 1 unspecified atom stereocenters. The second kappa shape index (κ2) is 6.17. The number of amides is 1. The molecule has 0 aliphatic rings. The van der Waals surface area contributed by atoms with Crippen LogP contribution in [-0.4, -0.2) is 33.6 Å². The van der Waals surface area contributed by atoms with Crippen molar-refractivity contribution in [3.63, 3.8) is 0 Å². The van der Waals surface area contributed by atoms with Gasteiger partial charge in [0.25, 0.3) is 5.91 Å². The number of aliphatic hydroxyl groups excluding tert-OH is 1. The Hall–Kier alpha value is -1.49. The number of hydrogen-bond acceptors (Lipinski definition) is 4. The third kappa shape index (κ3) is 3.58. The van der Waals surface area contributed by atoms with Crippen molar-refractivity contribution in [2.75, 3.05) is 6.61 Å². The summed E-state index contributed by atoms with van der Waals surface area (Å²) in [5.41, 5.74) is 0.436. The maximum absolute atomic E-state index is 11.8. The number of carbonyl (C=O) groups is 1. The topological polar surface area (TPSA) is 75.1 Å². The molecule has 0 bridgehead atoms. The molecule has 1 heterocycles. The molecule has 0 aliphatic heterocycles. The lowest BCUT2D eigenvalue weighted by molar-refractivity contribution is 0.0916. The average Bonchev–Trinajstić information content (AvgIpc) is 2.29. The predicted octanol–water partition coefficient (Wildman–Crippen LogP) is 0.613. The Morgan fingerprint density at radius 3 is 2.56 bits per heavy atom. The van der Waals surface area contributed by atoms with Gasteiger partial charge in [0.05, 0.1) is 5.56 Å². The van der Waals surface area contributed by atoms with E-state index in [1.165, 1.54) is 18.7 Å². The van der Waals surface area contributed by atoms with Crippen molar-refractivity contribution in [3.05, 3.63) is 24.3 Å². The van der Waals surface area contributed by atoms with Gasteiger partial charge in [0.15, 0.2) is 0 Å². The van der Waals surface area contributed by atoms with E-state index in [0.717, 1.165) is 0 Å². The first-order valence-electron chi connectivity index (χ1n) is 5.32. The first-order valence-corrected chi connectivity index (χ1v) is 5.32. The molecular weight excluding hydrogens is 206 g/mol. The minimum Gasteiger partial charge on any atom is -0.396 e. The molecule has 1 rings (SSSR count). The molecule has 88 valence electrons. The molecule has 1 aromatic rings. The Bertz CT molecular complexity index is 327. The highest BCUT2D eigenvalue weighted by Crippen LogP contribution is 2.06. The number of hydrogen-bond donors (Lipinski definition) is 2. The molecule has 0 fully saturated rings. The van der Waals surface area contributed by atoms with Crippen LogP contribution in [0.5, 0.6) is 0 Å². The van der Waals surface area contributed by atoms with E-state index in [-0.39, 0.29) is 24.5 Å². The largest absolute Gasteiger partial charge is 0.396 e. The average molecular weight is 223 g/mol. The predicted molar refractivity (Wildman–Crippen MR) is 59.8 cm³/mol. The normalized spacial score (nSPS) is 12.5. The van der Waals surface area contributed by atoms with Crippen molar-refractivity contribution >= 4 is 5.91 Å². The first-order chi connectivity index (χ1) is 7.65. The molecule has 0 aromatic carbocycles. The molecule has 0 saturated carbocycles. The Morgan fingerprint density at radius 2 is 2.06 bits per heavy atom. The second-order valence-electron chi connectivity index (χ2n) is 3.96. The Morgan fingerprint density at radius 1 is 1.44 bits per heavy atom. The number of nitrogens with one attached hydrogen (secondary N) is 1. The molecule has 0 spiro atoms. The maximum Gasteiger partial charge on any atom is 0.254 e. The van der Waals surface area contributed by atoms with Crippen LogP contribution in [0.1, 0.15) is 30.6 Å². The summed E-state index contributed by atoms with van der Waals surface area (Å²) in [6.45, 7) is 4.07. The maximum atomic E-state index is 11.8. The van der Waals surface area contributed by atoms with Crippen LogP contribution < -0.4 is 5.32 Å². The van der Waals surface area contributed by atoms with Gasteiger partial charge >= 0.3 is 0 Å². The molecule has 5 nitrogen and oxygen atoms in total. The summed E-state index contributed by atoms with van der Waals surface area (Å²) >= 11 is 0. The van der Waals surface area contributed by atoms with Crippen LogP contribution >= 0.6 is 0 Å². The summed E-state index contributed by atoms with van der Waals surface area (Å²) < 4.78 is 0. The van der Waals surface area contributed by atoms with Gasteiger partial charge in [0.2, 0.25) is 0 Å². The van der Waals surface area contributed by atoms with Crippen molar-refractivity contribution < 1.29 is 9.90 Å². The van der Waals surface area contributed by atoms with Gasteiger partial charge in [-0.3, -0.25) is 4.79 Å². The molecule has 5 heteroatoms. The summed E-state index contributed by atoms with van der Waals surface area (Å²) in [5.74, 6) is 0.0773. The fourth-order valence-electron chi connectivity index (χ4n) is 1.38. The minimum atomic E-state index is -0.201. The van der Waals surface area contributed by atoms with Gasteiger partial charge in [-0.15, -0.1) is 0 Å². The molecule has 0 saturated heterocycles. The third-order valence-corrected chi connectivity index (χ3v) is 2.38. The zero-order chi connectivity index (χ0) is 12.0. The summed E-state index contributed by atoms with van der Waals surface area (Å²) in [4.78, 5) is 19.3. The van der Waals surface area contributed by atoms with E-state index in [9.17, 15) is 4.79 Å². The van der Waals surface area contributed by atoms with E-state index in [0.29, 0.717) is 12.0 Å². The standard InChI is InChI=1S/C11H17N3O2/c1-8(2)10(3-4-15)14-11(16)9-5-12-7-13-6-9/h5-8,10,15H,3-4H2,1-2H3,(H,14,16). The van der Waals surface area contributed by atoms with Gasteiger partial charge in [0.1, 0.15) is 6.33 Å². The fraction of sp³-hybridized carbons (Fsp3) is 0.545. The molecule has 0 radical (unpaired) electrons. The number of aromatic nitrogens is 2. The third-order valence-electron chi connectivity index (χ3n) is 2.38. The lowest BCUT2D eigenvalue weighted by Crippen LogP contribution is -2.39. The van der Waals surface area contributed by atoms with Gasteiger partial charge < -0.3 is 10.4 Å². The quantitative estimate of drug-likeness (QED) is 0.767. The number of aliphatic hydroxyl groups is 1. The van der Waals surface area contributed by atoms with Crippen LogP contribution in [0.3, 0.4) is 0 Å². The van der Waals surface area contributed by atoms with E-state index in [2.05, 4.69) is 15.3 Å².